The highest BCUT2D eigenvalue weighted by Crippen LogP contribution is 2.24. The summed E-state index contributed by atoms with van der Waals surface area (Å²) in [5, 5.41) is 7.00. The molecule has 1 N–H and O–H groups in total. The molecule has 1 saturated heterocycles. The zero-order valence-electron chi connectivity index (χ0n) is 8.96. The molecule has 6 heteroatoms. The third-order valence-corrected chi connectivity index (χ3v) is 2.32. The molecule has 0 saturated carbocycles. The van der Waals surface area contributed by atoms with Crippen molar-refractivity contribution in [1.29, 1.82) is 0 Å². The van der Waals surface area contributed by atoms with Crippen LogP contribution in [0.15, 0.2) is 4.52 Å². The van der Waals surface area contributed by atoms with Crippen LogP contribution in [-0.2, 0) is 5.67 Å². The zero-order chi connectivity index (χ0) is 10.9. The molecule has 2 rings (SSSR count). The maximum absolute atomic E-state index is 13.5. The van der Waals surface area contributed by atoms with Crippen molar-refractivity contribution in [3.63, 3.8) is 0 Å². The summed E-state index contributed by atoms with van der Waals surface area (Å²) >= 11 is 0. The Hall–Kier alpha value is -1.17. The molecular formula is C9H15FN4O. The summed E-state index contributed by atoms with van der Waals surface area (Å²) in [5.41, 5.74) is -1.57. The average Bonchev–Trinajstić information content (AvgIpc) is 2.67. The minimum Gasteiger partial charge on any atom is -0.336 e. The molecule has 1 aliphatic heterocycles. The monoisotopic (exact) mass is 214 g/mol. The molecule has 1 aromatic heterocycles. The number of nitrogens with one attached hydrogen (secondary N) is 1. The molecule has 1 aliphatic rings. The average molecular weight is 214 g/mol. The molecule has 0 bridgehead atoms. The van der Waals surface area contributed by atoms with Crippen molar-refractivity contribution >= 4 is 5.95 Å². The second-order valence-corrected chi connectivity index (χ2v) is 4.11. The highest BCUT2D eigenvalue weighted by Gasteiger charge is 2.28. The lowest BCUT2D eigenvalue weighted by molar-refractivity contribution is 0.155. The SMILES string of the molecule is CC(C)(F)c1nc(N2CCNCC2)no1. The van der Waals surface area contributed by atoms with Crippen LogP contribution in [0.2, 0.25) is 0 Å². The van der Waals surface area contributed by atoms with Crippen LogP contribution in [0, 0.1) is 0 Å². The van der Waals surface area contributed by atoms with Crippen LogP contribution in [0.3, 0.4) is 0 Å². The van der Waals surface area contributed by atoms with E-state index in [0.717, 1.165) is 26.2 Å². The van der Waals surface area contributed by atoms with Gasteiger partial charge in [0.15, 0.2) is 5.67 Å². The van der Waals surface area contributed by atoms with E-state index in [1.54, 1.807) is 0 Å². The van der Waals surface area contributed by atoms with E-state index in [9.17, 15) is 4.39 Å². The number of alkyl halides is 1. The van der Waals surface area contributed by atoms with E-state index in [2.05, 4.69) is 15.5 Å². The second-order valence-electron chi connectivity index (χ2n) is 4.11. The van der Waals surface area contributed by atoms with Gasteiger partial charge < -0.3 is 14.7 Å². The maximum atomic E-state index is 13.5. The van der Waals surface area contributed by atoms with Crippen LogP contribution in [0.25, 0.3) is 0 Å². The molecule has 0 spiro atoms. The van der Waals surface area contributed by atoms with Gasteiger partial charge in [0.05, 0.1) is 0 Å². The van der Waals surface area contributed by atoms with Crippen molar-refractivity contribution in [3.8, 4) is 0 Å². The predicted molar refractivity (Wildman–Crippen MR) is 53.5 cm³/mol. The van der Waals surface area contributed by atoms with E-state index < -0.39 is 5.67 Å². The number of hydrogen-bond acceptors (Lipinski definition) is 5. The van der Waals surface area contributed by atoms with Crippen molar-refractivity contribution in [2.75, 3.05) is 31.1 Å². The fourth-order valence-corrected chi connectivity index (χ4v) is 1.45. The lowest BCUT2D eigenvalue weighted by Crippen LogP contribution is -2.44. The van der Waals surface area contributed by atoms with Gasteiger partial charge in [0.2, 0.25) is 0 Å². The summed E-state index contributed by atoms with van der Waals surface area (Å²) in [6, 6.07) is 0. The Morgan fingerprint density at radius 3 is 2.60 bits per heavy atom. The van der Waals surface area contributed by atoms with E-state index in [0.29, 0.717) is 5.95 Å². The highest BCUT2D eigenvalue weighted by atomic mass is 19.1. The normalized spacial score (nSPS) is 18.2. The molecule has 0 atom stereocenters. The Morgan fingerprint density at radius 2 is 2.07 bits per heavy atom. The van der Waals surface area contributed by atoms with Gasteiger partial charge >= 0.3 is 0 Å². The Kier molecular flexibility index (Phi) is 2.60. The van der Waals surface area contributed by atoms with Gasteiger partial charge in [-0.2, -0.15) is 4.98 Å². The van der Waals surface area contributed by atoms with Gasteiger partial charge in [-0.25, -0.2) is 4.39 Å². The van der Waals surface area contributed by atoms with Crippen molar-refractivity contribution in [3.05, 3.63) is 5.89 Å². The molecule has 0 aliphatic carbocycles. The van der Waals surface area contributed by atoms with Gasteiger partial charge in [-0.3, -0.25) is 0 Å². The van der Waals surface area contributed by atoms with Gasteiger partial charge in [-0.15, -0.1) is 0 Å². The topological polar surface area (TPSA) is 54.2 Å². The van der Waals surface area contributed by atoms with Crippen LogP contribution in [-0.4, -0.2) is 36.3 Å². The van der Waals surface area contributed by atoms with Crippen LogP contribution >= 0.6 is 0 Å². The number of nitrogens with zero attached hydrogens (tertiary/aromatic N) is 3. The number of hydrogen-bond donors (Lipinski definition) is 1. The first kappa shape index (κ1) is 10.4. The summed E-state index contributed by atoms with van der Waals surface area (Å²) in [6.45, 7) is 6.24. The third-order valence-electron chi connectivity index (χ3n) is 2.32. The molecule has 0 aromatic carbocycles. The minimum absolute atomic E-state index is 0.0380. The quantitative estimate of drug-likeness (QED) is 0.784. The van der Waals surface area contributed by atoms with Crippen molar-refractivity contribution in [2.45, 2.75) is 19.5 Å². The first-order chi connectivity index (χ1) is 7.07. The lowest BCUT2D eigenvalue weighted by atomic mass is 10.2. The Bertz CT molecular complexity index is 327. The molecule has 15 heavy (non-hydrogen) atoms. The summed E-state index contributed by atoms with van der Waals surface area (Å²) < 4.78 is 18.4. The first-order valence-corrected chi connectivity index (χ1v) is 5.06. The maximum Gasteiger partial charge on any atom is 0.266 e. The van der Waals surface area contributed by atoms with Crippen LogP contribution in [0.4, 0.5) is 10.3 Å². The number of rotatable bonds is 2. The van der Waals surface area contributed by atoms with Crippen molar-refractivity contribution < 1.29 is 8.91 Å². The summed E-state index contributed by atoms with van der Waals surface area (Å²) in [4.78, 5) is 6.03. The Labute approximate surface area is 87.6 Å². The zero-order valence-corrected chi connectivity index (χ0v) is 8.96. The molecule has 0 radical (unpaired) electrons. The minimum atomic E-state index is -1.57. The molecule has 1 fully saturated rings. The Morgan fingerprint density at radius 1 is 1.40 bits per heavy atom. The fraction of sp³-hybridized carbons (Fsp3) is 0.778. The molecule has 2 heterocycles. The van der Waals surface area contributed by atoms with Crippen LogP contribution in [0.1, 0.15) is 19.7 Å². The standard InChI is InChI=1S/C9H15FN4O/c1-9(2,10)7-12-8(13-15-7)14-5-3-11-4-6-14/h11H,3-6H2,1-2H3. The Balaban J connectivity index is 2.12. The molecule has 5 nitrogen and oxygen atoms in total. The van der Waals surface area contributed by atoms with E-state index >= 15 is 0 Å². The molecule has 84 valence electrons. The number of anilines is 1. The number of aromatic nitrogens is 2. The van der Waals surface area contributed by atoms with Crippen molar-refractivity contribution in [2.24, 2.45) is 0 Å². The lowest BCUT2D eigenvalue weighted by Gasteiger charge is -2.25. The highest BCUT2D eigenvalue weighted by molar-refractivity contribution is 5.29. The number of halogens is 1. The van der Waals surface area contributed by atoms with Crippen LogP contribution < -0.4 is 10.2 Å². The summed E-state index contributed by atoms with van der Waals surface area (Å²) in [5.74, 6) is 0.522. The number of piperazine rings is 1. The van der Waals surface area contributed by atoms with E-state index in [1.807, 2.05) is 4.90 Å². The van der Waals surface area contributed by atoms with E-state index in [1.165, 1.54) is 13.8 Å². The molecule has 0 amide bonds. The third kappa shape index (κ3) is 2.26. The fourth-order valence-electron chi connectivity index (χ4n) is 1.45. The van der Waals surface area contributed by atoms with Crippen LogP contribution in [0.5, 0.6) is 0 Å². The molecule has 1 aromatic rings. The van der Waals surface area contributed by atoms with E-state index in [4.69, 9.17) is 4.52 Å². The van der Waals surface area contributed by atoms with Gasteiger partial charge in [-0.05, 0) is 19.0 Å². The predicted octanol–water partition coefficient (Wildman–Crippen LogP) is 0.684. The van der Waals surface area contributed by atoms with Gasteiger partial charge in [0, 0.05) is 26.2 Å². The summed E-state index contributed by atoms with van der Waals surface area (Å²) in [6.07, 6.45) is 0. The molecule has 0 unspecified atom stereocenters. The molecular weight excluding hydrogens is 199 g/mol. The van der Waals surface area contributed by atoms with E-state index in [-0.39, 0.29) is 5.89 Å². The largest absolute Gasteiger partial charge is 0.336 e. The van der Waals surface area contributed by atoms with Crippen molar-refractivity contribution in [1.82, 2.24) is 15.5 Å². The second kappa shape index (κ2) is 3.77. The smallest absolute Gasteiger partial charge is 0.266 e. The van der Waals surface area contributed by atoms with Gasteiger partial charge in [0.25, 0.3) is 11.8 Å². The first-order valence-electron chi connectivity index (χ1n) is 5.06. The summed E-state index contributed by atoms with van der Waals surface area (Å²) in [7, 11) is 0. The van der Waals surface area contributed by atoms with Gasteiger partial charge in [-0.1, -0.05) is 0 Å². The van der Waals surface area contributed by atoms with Gasteiger partial charge in [0.1, 0.15) is 0 Å².